The first kappa shape index (κ1) is 27.8. The number of halogens is 4. The van der Waals surface area contributed by atoms with Crippen LogP contribution in [0.3, 0.4) is 0 Å². The van der Waals surface area contributed by atoms with Gasteiger partial charge in [0, 0.05) is 5.69 Å². The minimum absolute atomic E-state index is 0.0150. The number of alkyl halides is 3. The number of thiocarbonyl (C=S) groups is 1. The molecule has 0 fully saturated rings. The van der Waals surface area contributed by atoms with Crippen molar-refractivity contribution in [1.29, 1.82) is 0 Å². The lowest BCUT2D eigenvalue weighted by Gasteiger charge is -2.13. The quantitative estimate of drug-likeness (QED) is 0.181. The van der Waals surface area contributed by atoms with E-state index in [2.05, 4.69) is 21.2 Å². The Morgan fingerprint density at radius 1 is 1.05 bits per heavy atom. The molecular weight excluding hydrogens is 529 g/mol. The van der Waals surface area contributed by atoms with Crippen LogP contribution in [-0.2, 0) is 11.0 Å². The van der Waals surface area contributed by atoms with Gasteiger partial charge in [0.2, 0.25) is 0 Å². The van der Waals surface area contributed by atoms with Crippen LogP contribution in [0.2, 0.25) is 5.02 Å². The lowest BCUT2D eigenvalue weighted by molar-refractivity contribution is -0.137. The number of methoxy groups -OCH3 is 1. The summed E-state index contributed by atoms with van der Waals surface area (Å²) in [5.41, 5.74) is 3.96. The highest BCUT2D eigenvalue weighted by Gasteiger charge is 2.31. The van der Waals surface area contributed by atoms with Gasteiger partial charge in [0.15, 0.2) is 23.2 Å². The van der Waals surface area contributed by atoms with Crippen molar-refractivity contribution in [3.8, 4) is 11.5 Å². The number of aryl methyl sites for hydroxylation is 1. The van der Waals surface area contributed by atoms with E-state index in [1.165, 1.54) is 13.3 Å². The number of hydrazone groups is 1. The van der Waals surface area contributed by atoms with Crippen molar-refractivity contribution in [2.45, 2.75) is 13.1 Å². The molecule has 0 saturated carbocycles. The van der Waals surface area contributed by atoms with Crippen molar-refractivity contribution in [3.63, 3.8) is 0 Å². The summed E-state index contributed by atoms with van der Waals surface area (Å²) in [6, 6.07) is 15.1. The van der Waals surface area contributed by atoms with Crippen LogP contribution in [0.4, 0.5) is 24.5 Å². The second kappa shape index (κ2) is 12.4. The standard InChI is InChI=1S/C25H22ClF3N4O3S/c1-15-3-7-18(8-4-15)31-23(34)14-36-21-10-5-16(11-22(21)35-2)13-30-33-24(37)32-20-12-17(25(27,28)29)6-9-19(20)26/h3-13H,14H2,1-2H3,(H,31,34)(H2,32,33,37). The molecule has 0 unspecified atom stereocenters. The van der Waals surface area contributed by atoms with Crippen LogP contribution < -0.4 is 25.5 Å². The number of hydrogen-bond donors (Lipinski definition) is 3. The predicted octanol–water partition coefficient (Wildman–Crippen LogP) is 6.01. The third-order valence-electron chi connectivity index (χ3n) is 4.80. The van der Waals surface area contributed by atoms with Gasteiger partial charge in [-0.1, -0.05) is 29.3 Å². The molecular formula is C25H22ClF3N4O3S. The number of nitrogens with zero attached hydrogens (tertiary/aromatic N) is 1. The third-order valence-corrected chi connectivity index (χ3v) is 5.33. The number of amides is 1. The zero-order valence-electron chi connectivity index (χ0n) is 19.7. The number of hydrogen-bond acceptors (Lipinski definition) is 5. The first-order valence-corrected chi connectivity index (χ1v) is 11.5. The van der Waals surface area contributed by atoms with Crippen molar-refractivity contribution >= 4 is 52.4 Å². The van der Waals surface area contributed by atoms with Gasteiger partial charge >= 0.3 is 6.18 Å². The molecule has 3 aromatic rings. The number of nitrogens with one attached hydrogen (secondary N) is 3. The van der Waals surface area contributed by atoms with Crippen LogP contribution >= 0.6 is 23.8 Å². The predicted molar refractivity (Wildman–Crippen MR) is 142 cm³/mol. The fourth-order valence-corrected chi connectivity index (χ4v) is 3.30. The average Bonchev–Trinajstić information content (AvgIpc) is 2.85. The summed E-state index contributed by atoms with van der Waals surface area (Å²) >= 11 is 11.0. The highest BCUT2D eigenvalue weighted by atomic mass is 35.5. The minimum Gasteiger partial charge on any atom is -0.493 e. The first-order chi connectivity index (χ1) is 17.5. The van der Waals surface area contributed by atoms with E-state index in [4.69, 9.17) is 33.3 Å². The third kappa shape index (κ3) is 8.36. The Kier molecular flexibility index (Phi) is 9.31. The van der Waals surface area contributed by atoms with Crippen molar-refractivity contribution in [1.82, 2.24) is 5.43 Å². The van der Waals surface area contributed by atoms with E-state index in [-0.39, 0.29) is 28.3 Å². The lowest BCUT2D eigenvalue weighted by atomic mass is 10.2. The number of anilines is 2. The summed E-state index contributed by atoms with van der Waals surface area (Å²) in [4.78, 5) is 12.2. The number of ether oxygens (including phenoxy) is 2. The molecule has 0 aliphatic carbocycles. The maximum atomic E-state index is 12.9. The van der Waals surface area contributed by atoms with Gasteiger partial charge in [0.25, 0.3) is 5.91 Å². The van der Waals surface area contributed by atoms with Crippen molar-refractivity contribution in [2.75, 3.05) is 24.4 Å². The molecule has 0 spiro atoms. The summed E-state index contributed by atoms with van der Waals surface area (Å²) in [6.45, 7) is 1.73. The first-order valence-electron chi connectivity index (χ1n) is 10.7. The molecule has 0 radical (unpaired) electrons. The van der Waals surface area contributed by atoms with E-state index < -0.39 is 11.7 Å². The number of rotatable bonds is 8. The molecule has 0 aliphatic rings. The topological polar surface area (TPSA) is 84.0 Å². The molecule has 3 aromatic carbocycles. The summed E-state index contributed by atoms with van der Waals surface area (Å²) < 4.78 is 49.7. The van der Waals surface area contributed by atoms with Gasteiger partial charge in [0.1, 0.15) is 0 Å². The van der Waals surface area contributed by atoms with Gasteiger partial charge < -0.3 is 20.1 Å². The van der Waals surface area contributed by atoms with Crippen LogP contribution in [0.5, 0.6) is 11.5 Å². The smallest absolute Gasteiger partial charge is 0.416 e. The Morgan fingerprint density at radius 2 is 1.78 bits per heavy atom. The zero-order valence-corrected chi connectivity index (χ0v) is 21.2. The van der Waals surface area contributed by atoms with Crippen molar-refractivity contribution in [3.05, 3.63) is 82.4 Å². The second-order valence-corrected chi connectivity index (χ2v) is 8.45. The maximum Gasteiger partial charge on any atom is 0.416 e. The fraction of sp³-hybridized carbons (Fsp3) is 0.160. The lowest BCUT2D eigenvalue weighted by Crippen LogP contribution is -2.24. The Bertz CT molecular complexity index is 1300. The van der Waals surface area contributed by atoms with Gasteiger partial charge in [-0.3, -0.25) is 10.2 Å². The number of carbonyl (C=O) groups excluding carboxylic acids is 1. The number of carbonyl (C=O) groups is 1. The Balaban J connectivity index is 1.55. The van der Waals surface area contributed by atoms with E-state index in [9.17, 15) is 18.0 Å². The van der Waals surface area contributed by atoms with Crippen LogP contribution in [0.15, 0.2) is 65.8 Å². The Labute approximate surface area is 221 Å². The molecule has 0 aliphatic heterocycles. The van der Waals surface area contributed by atoms with E-state index in [1.807, 2.05) is 19.1 Å². The SMILES string of the molecule is COc1cc(C=NNC(=S)Nc2cc(C(F)(F)F)ccc2Cl)ccc1OCC(=O)Nc1ccc(C)cc1. The van der Waals surface area contributed by atoms with Crippen molar-refractivity contribution < 1.29 is 27.4 Å². The van der Waals surface area contributed by atoms with Gasteiger partial charge in [0.05, 0.1) is 29.6 Å². The monoisotopic (exact) mass is 550 g/mol. The van der Waals surface area contributed by atoms with Crippen LogP contribution in [0.25, 0.3) is 0 Å². The molecule has 0 bridgehead atoms. The summed E-state index contributed by atoms with van der Waals surface area (Å²) in [7, 11) is 1.45. The maximum absolute atomic E-state index is 12.9. The van der Waals surface area contributed by atoms with Gasteiger partial charge in [-0.25, -0.2) is 0 Å². The molecule has 0 atom stereocenters. The average molecular weight is 551 g/mol. The molecule has 1 amide bonds. The van der Waals surface area contributed by atoms with E-state index in [1.54, 1.807) is 30.3 Å². The summed E-state index contributed by atoms with van der Waals surface area (Å²) in [5, 5.41) is 9.29. The summed E-state index contributed by atoms with van der Waals surface area (Å²) in [5.74, 6) is 0.384. The Morgan fingerprint density at radius 3 is 2.46 bits per heavy atom. The second-order valence-electron chi connectivity index (χ2n) is 7.63. The van der Waals surface area contributed by atoms with Crippen LogP contribution in [0, 0.1) is 6.92 Å². The molecule has 194 valence electrons. The molecule has 7 nitrogen and oxygen atoms in total. The van der Waals surface area contributed by atoms with Crippen molar-refractivity contribution in [2.24, 2.45) is 5.10 Å². The highest BCUT2D eigenvalue weighted by molar-refractivity contribution is 7.80. The zero-order chi connectivity index (χ0) is 27.0. The largest absolute Gasteiger partial charge is 0.493 e. The summed E-state index contributed by atoms with van der Waals surface area (Å²) in [6.07, 6.45) is -3.10. The molecule has 0 saturated heterocycles. The van der Waals surface area contributed by atoms with Crippen LogP contribution in [-0.4, -0.2) is 31.0 Å². The molecule has 12 heteroatoms. The van der Waals surface area contributed by atoms with E-state index >= 15 is 0 Å². The Hall–Kier alpha value is -3.83. The van der Waals surface area contributed by atoms with Gasteiger partial charge in [-0.15, -0.1) is 0 Å². The molecule has 37 heavy (non-hydrogen) atoms. The fourth-order valence-electron chi connectivity index (χ4n) is 2.97. The number of benzene rings is 3. The molecule has 0 aromatic heterocycles. The van der Waals surface area contributed by atoms with E-state index in [0.29, 0.717) is 22.7 Å². The highest BCUT2D eigenvalue weighted by Crippen LogP contribution is 2.33. The van der Waals surface area contributed by atoms with Gasteiger partial charge in [-0.05, 0) is 73.2 Å². The molecule has 3 rings (SSSR count). The normalized spacial score (nSPS) is 11.2. The van der Waals surface area contributed by atoms with Gasteiger partial charge in [-0.2, -0.15) is 18.3 Å². The minimum atomic E-state index is -4.52. The molecule has 3 N–H and O–H groups in total. The molecule has 0 heterocycles. The van der Waals surface area contributed by atoms with E-state index in [0.717, 1.165) is 23.8 Å². The van der Waals surface area contributed by atoms with Crippen LogP contribution in [0.1, 0.15) is 16.7 Å².